The third-order valence-electron chi connectivity index (χ3n) is 7.27. The number of nitrogens with zero attached hydrogens (tertiary/aromatic N) is 3. The van der Waals surface area contributed by atoms with Gasteiger partial charge in [-0.15, -0.1) is 0 Å². The highest BCUT2D eigenvalue weighted by Crippen LogP contribution is 2.43. The first-order chi connectivity index (χ1) is 16.5. The van der Waals surface area contributed by atoms with Gasteiger partial charge in [0.25, 0.3) is 5.91 Å². The second-order valence-corrected chi connectivity index (χ2v) is 9.61. The predicted octanol–water partition coefficient (Wildman–Crippen LogP) is 5.71. The van der Waals surface area contributed by atoms with E-state index in [2.05, 4.69) is 64.4 Å². The minimum absolute atomic E-state index is 0.103. The minimum Gasteiger partial charge on any atom is -0.372 e. The number of carbonyl (C=O) groups excluding carboxylic acids is 1. The number of likely N-dealkylation sites (tertiary alicyclic amines) is 1. The molecule has 0 aliphatic carbocycles. The monoisotopic (exact) mass is 448 g/mol. The fraction of sp³-hybridized carbons (Fsp3) is 0.241. The Morgan fingerprint density at radius 3 is 2.47 bits per heavy atom. The zero-order valence-electron chi connectivity index (χ0n) is 19.6. The standard InChI is InChI=1S/C29H28N4O/c1-20-5-10-26-25(17-20)31-29(27-4-3-13-33(26)27)11-14-32(15-12-29)28(34)23-8-6-22(7-9-23)24-16-21(2)18-30-19-24/h3-10,13,16-19,31H,11-12,14-15H2,1-2H3. The van der Waals surface area contributed by atoms with E-state index in [9.17, 15) is 4.79 Å². The number of pyridine rings is 1. The van der Waals surface area contributed by atoms with Crippen molar-refractivity contribution in [1.82, 2.24) is 14.5 Å². The molecule has 0 bridgehead atoms. The molecule has 4 heterocycles. The highest BCUT2D eigenvalue weighted by molar-refractivity contribution is 5.94. The molecule has 1 N–H and O–H groups in total. The Kier molecular flexibility index (Phi) is 4.80. The van der Waals surface area contributed by atoms with Crippen molar-refractivity contribution in [1.29, 1.82) is 0 Å². The molecule has 1 saturated heterocycles. The van der Waals surface area contributed by atoms with Crippen LogP contribution in [0.15, 0.2) is 79.3 Å². The fourth-order valence-corrected chi connectivity index (χ4v) is 5.44. The van der Waals surface area contributed by atoms with Gasteiger partial charge in [0.15, 0.2) is 0 Å². The number of fused-ring (bicyclic) bond motifs is 4. The van der Waals surface area contributed by atoms with Crippen molar-refractivity contribution >= 4 is 11.6 Å². The summed E-state index contributed by atoms with van der Waals surface area (Å²) < 4.78 is 2.31. The van der Waals surface area contributed by atoms with Crippen molar-refractivity contribution in [3.05, 3.63) is 102 Å². The molecule has 170 valence electrons. The molecule has 2 aromatic carbocycles. The van der Waals surface area contributed by atoms with Gasteiger partial charge in [-0.05, 0) is 85.8 Å². The van der Waals surface area contributed by atoms with Gasteiger partial charge in [0.1, 0.15) is 0 Å². The summed E-state index contributed by atoms with van der Waals surface area (Å²) >= 11 is 0. The first-order valence-corrected chi connectivity index (χ1v) is 11.9. The van der Waals surface area contributed by atoms with Gasteiger partial charge in [0, 0.05) is 48.5 Å². The van der Waals surface area contributed by atoms with E-state index in [4.69, 9.17) is 0 Å². The van der Waals surface area contributed by atoms with Crippen LogP contribution in [0.4, 0.5) is 5.69 Å². The number of carbonyl (C=O) groups is 1. The molecule has 0 radical (unpaired) electrons. The molecule has 1 amide bonds. The lowest BCUT2D eigenvalue weighted by Crippen LogP contribution is -2.51. The summed E-state index contributed by atoms with van der Waals surface area (Å²) in [7, 11) is 0. The molecule has 0 atom stereocenters. The number of rotatable bonds is 2. The van der Waals surface area contributed by atoms with E-state index in [0.29, 0.717) is 0 Å². The number of amides is 1. The molecule has 0 unspecified atom stereocenters. The van der Waals surface area contributed by atoms with Gasteiger partial charge in [-0.25, -0.2) is 0 Å². The normalized spacial score (nSPS) is 16.0. The van der Waals surface area contributed by atoms with Crippen LogP contribution >= 0.6 is 0 Å². The van der Waals surface area contributed by atoms with Gasteiger partial charge in [-0.3, -0.25) is 9.78 Å². The number of hydrogen-bond donors (Lipinski definition) is 1. The Bertz CT molecular complexity index is 1380. The topological polar surface area (TPSA) is 50.2 Å². The number of aromatic nitrogens is 2. The molecule has 5 heteroatoms. The van der Waals surface area contributed by atoms with Crippen molar-refractivity contribution < 1.29 is 4.79 Å². The van der Waals surface area contributed by atoms with Crippen LogP contribution in [0.5, 0.6) is 0 Å². The lowest BCUT2D eigenvalue weighted by atomic mass is 9.82. The quantitative estimate of drug-likeness (QED) is 0.427. The SMILES string of the molecule is Cc1cncc(-c2ccc(C(=O)N3CCC4(CC3)Nc3cc(C)ccc3-n3cccc34)cc2)c1. The second kappa shape index (κ2) is 7.87. The first kappa shape index (κ1) is 20.7. The summed E-state index contributed by atoms with van der Waals surface area (Å²) in [5.74, 6) is 0.103. The van der Waals surface area contributed by atoms with Crippen molar-refractivity contribution in [3.8, 4) is 16.8 Å². The zero-order valence-corrected chi connectivity index (χ0v) is 19.6. The van der Waals surface area contributed by atoms with E-state index in [1.54, 1.807) is 0 Å². The molecule has 1 spiro atoms. The molecular weight excluding hydrogens is 420 g/mol. The van der Waals surface area contributed by atoms with Crippen molar-refractivity contribution in [2.45, 2.75) is 32.2 Å². The average Bonchev–Trinajstić information content (AvgIpc) is 3.36. The maximum atomic E-state index is 13.3. The number of anilines is 1. The highest BCUT2D eigenvalue weighted by atomic mass is 16.2. The Balaban J connectivity index is 1.20. The summed E-state index contributed by atoms with van der Waals surface area (Å²) in [5, 5.41) is 3.86. The summed E-state index contributed by atoms with van der Waals surface area (Å²) in [6.45, 7) is 5.61. The molecule has 2 aromatic heterocycles. The van der Waals surface area contributed by atoms with Crippen LogP contribution in [0.2, 0.25) is 0 Å². The van der Waals surface area contributed by atoms with Gasteiger partial charge in [-0.1, -0.05) is 18.2 Å². The van der Waals surface area contributed by atoms with E-state index >= 15 is 0 Å². The van der Waals surface area contributed by atoms with Gasteiger partial charge in [0.05, 0.1) is 16.9 Å². The Morgan fingerprint density at radius 2 is 1.71 bits per heavy atom. The molecule has 34 heavy (non-hydrogen) atoms. The first-order valence-electron chi connectivity index (χ1n) is 11.9. The van der Waals surface area contributed by atoms with Gasteiger partial charge in [0.2, 0.25) is 0 Å². The average molecular weight is 449 g/mol. The van der Waals surface area contributed by atoms with E-state index in [-0.39, 0.29) is 11.4 Å². The molecular formula is C29H28N4O. The molecule has 2 aliphatic rings. The van der Waals surface area contributed by atoms with Crippen molar-refractivity contribution in [2.24, 2.45) is 0 Å². The molecule has 0 saturated carbocycles. The third-order valence-corrected chi connectivity index (χ3v) is 7.27. The lowest BCUT2D eigenvalue weighted by molar-refractivity contribution is 0.0676. The number of piperidine rings is 1. The smallest absolute Gasteiger partial charge is 0.253 e. The lowest BCUT2D eigenvalue weighted by Gasteiger charge is -2.46. The van der Waals surface area contributed by atoms with Crippen molar-refractivity contribution in [3.63, 3.8) is 0 Å². The van der Waals surface area contributed by atoms with Crippen LogP contribution in [-0.2, 0) is 5.54 Å². The maximum absolute atomic E-state index is 13.3. The van der Waals surface area contributed by atoms with Crippen LogP contribution in [0, 0.1) is 13.8 Å². The molecule has 1 fully saturated rings. The highest BCUT2D eigenvalue weighted by Gasteiger charge is 2.42. The van der Waals surface area contributed by atoms with Crippen LogP contribution in [0.1, 0.15) is 40.0 Å². The number of hydrogen-bond acceptors (Lipinski definition) is 3. The second-order valence-electron chi connectivity index (χ2n) is 9.61. The number of nitrogens with one attached hydrogen (secondary N) is 1. The summed E-state index contributed by atoms with van der Waals surface area (Å²) in [6, 6.07) is 20.9. The zero-order chi connectivity index (χ0) is 23.3. The van der Waals surface area contributed by atoms with E-state index in [1.807, 2.05) is 48.5 Å². The van der Waals surface area contributed by atoms with Crippen molar-refractivity contribution in [2.75, 3.05) is 18.4 Å². The van der Waals surface area contributed by atoms with Gasteiger partial charge in [-0.2, -0.15) is 0 Å². The van der Waals surface area contributed by atoms with Crippen LogP contribution < -0.4 is 5.32 Å². The van der Waals surface area contributed by atoms with Crippen LogP contribution in [0.3, 0.4) is 0 Å². The third kappa shape index (κ3) is 3.39. The molecule has 2 aliphatic heterocycles. The number of benzene rings is 2. The Morgan fingerprint density at radius 1 is 0.912 bits per heavy atom. The van der Waals surface area contributed by atoms with Crippen LogP contribution in [-0.4, -0.2) is 33.4 Å². The van der Waals surface area contributed by atoms with Gasteiger partial charge >= 0.3 is 0 Å². The van der Waals surface area contributed by atoms with E-state index < -0.39 is 0 Å². The Hall–Kier alpha value is -3.86. The van der Waals surface area contributed by atoms with Gasteiger partial charge < -0.3 is 14.8 Å². The maximum Gasteiger partial charge on any atom is 0.253 e. The largest absolute Gasteiger partial charge is 0.372 e. The van der Waals surface area contributed by atoms with E-state index in [1.165, 1.54) is 22.6 Å². The minimum atomic E-state index is -0.150. The molecule has 5 nitrogen and oxygen atoms in total. The summed E-state index contributed by atoms with van der Waals surface area (Å²) in [4.78, 5) is 19.6. The van der Waals surface area contributed by atoms with E-state index in [0.717, 1.165) is 48.2 Å². The summed E-state index contributed by atoms with van der Waals surface area (Å²) in [5.41, 5.74) is 8.75. The molecule has 6 rings (SSSR count). The summed E-state index contributed by atoms with van der Waals surface area (Å²) in [6.07, 6.45) is 7.62. The Labute approximate surface area is 200 Å². The number of aryl methyl sites for hydroxylation is 2. The fourth-order valence-electron chi connectivity index (χ4n) is 5.44. The predicted molar refractivity (Wildman–Crippen MR) is 135 cm³/mol. The molecule has 4 aromatic rings. The van der Waals surface area contributed by atoms with Crippen LogP contribution in [0.25, 0.3) is 16.8 Å².